The number of likely N-dealkylation sites (tertiary alicyclic amines) is 1. The monoisotopic (exact) mass is 397 g/mol. The predicted molar refractivity (Wildman–Crippen MR) is 107 cm³/mol. The van der Waals surface area contributed by atoms with Crippen LogP contribution in [0.4, 0.5) is 10.2 Å². The number of anilines is 1. The lowest BCUT2D eigenvalue weighted by molar-refractivity contribution is 0.199. The third-order valence-electron chi connectivity index (χ3n) is 5.06. The Hall–Kier alpha value is -2.84. The molecule has 1 atom stereocenters. The van der Waals surface area contributed by atoms with Crippen LogP contribution >= 0.6 is 0 Å². The summed E-state index contributed by atoms with van der Waals surface area (Å²) in [6.45, 7) is 2.70. The maximum atomic E-state index is 14.0. The summed E-state index contributed by atoms with van der Waals surface area (Å²) < 4.78 is 24.6. The van der Waals surface area contributed by atoms with Gasteiger partial charge in [0, 0.05) is 37.5 Å². The van der Waals surface area contributed by atoms with Crippen molar-refractivity contribution >= 4 is 5.82 Å². The van der Waals surface area contributed by atoms with Crippen molar-refractivity contribution in [1.29, 1.82) is 0 Å². The van der Waals surface area contributed by atoms with Gasteiger partial charge in [-0.2, -0.15) is 4.98 Å². The number of benzene rings is 1. The minimum atomic E-state index is -0.186. The second kappa shape index (κ2) is 9.11. The first kappa shape index (κ1) is 19.5. The van der Waals surface area contributed by atoms with Crippen LogP contribution in [0.2, 0.25) is 0 Å². The number of aromatic nitrogens is 3. The molecular weight excluding hydrogens is 373 g/mol. The highest BCUT2D eigenvalue weighted by Gasteiger charge is 2.31. The van der Waals surface area contributed by atoms with E-state index in [0.29, 0.717) is 37.0 Å². The molecule has 1 aliphatic rings. The lowest BCUT2D eigenvalue weighted by Gasteiger charge is -2.21. The molecule has 1 saturated heterocycles. The van der Waals surface area contributed by atoms with Crippen LogP contribution in [-0.2, 0) is 11.3 Å². The molecule has 0 bridgehead atoms. The van der Waals surface area contributed by atoms with Crippen LogP contribution in [0.15, 0.2) is 47.1 Å². The zero-order chi connectivity index (χ0) is 20.1. The highest BCUT2D eigenvalue weighted by Crippen LogP contribution is 2.33. The molecule has 4 rings (SSSR count). The summed E-state index contributed by atoms with van der Waals surface area (Å²) in [6.07, 6.45) is 3.65. The van der Waals surface area contributed by atoms with Gasteiger partial charge in [-0.3, -0.25) is 4.90 Å². The van der Waals surface area contributed by atoms with E-state index in [4.69, 9.17) is 9.26 Å². The highest BCUT2D eigenvalue weighted by molar-refractivity contribution is 5.55. The van der Waals surface area contributed by atoms with E-state index in [-0.39, 0.29) is 11.9 Å². The largest absolute Gasteiger partial charge is 0.383 e. The quantitative estimate of drug-likeness (QED) is 0.581. The summed E-state index contributed by atoms with van der Waals surface area (Å²) in [5.41, 5.74) is 1.47. The molecule has 0 radical (unpaired) electrons. The molecule has 7 nitrogen and oxygen atoms in total. The van der Waals surface area contributed by atoms with Gasteiger partial charge in [0.05, 0.1) is 12.6 Å². The van der Waals surface area contributed by atoms with Crippen LogP contribution in [-0.4, -0.2) is 46.8 Å². The summed E-state index contributed by atoms with van der Waals surface area (Å²) in [5, 5.41) is 7.30. The second-order valence-corrected chi connectivity index (χ2v) is 7.03. The van der Waals surface area contributed by atoms with E-state index < -0.39 is 0 Å². The molecule has 0 amide bonds. The standard InChI is InChI=1S/C21H24FN5O2/c1-28-12-10-23-19-9-8-15(13-24-19)20-25-21(29-26-20)18-7-4-11-27(18)14-16-5-2-3-6-17(16)22/h2-3,5-6,8-9,13,18H,4,7,10-12,14H2,1H3,(H,23,24)/t18-/m1/s1. The van der Waals surface area contributed by atoms with Gasteiger partial charge < -0.3 is 14.6 Å². The number of nitrogens with zero attached hydrogens (tertiary/aromatic N) is 4. The summed E-state index contributed by atoms with van der Waals surface area (Å²) in [7, 11) is 1.66. The van der Waals surface area contributed by atoms with Crippen molar-refractivity contribution in [1.82, 2.24) is 20.0 Å². The fourth-order valence-electron chi connectivity index (χ4n) is 3.54. The van der Waals surface area contributed by atoms with Crippen LogP contribution in [0.3, 0.4) is 0 Å². The number of halogens is 1. The Morgan fingerprint density at radius 2 is 2.17 bits per heavy atom. The first-order chi connectivity index (χ1) is 14.2. The molecule has 3 aromatic rings. The minimum Gasteiger partial charge on any atom is -0.383 e. The molecule has 1 aromatic carbocycles. The Labute approximate surface area is 168 Å². The third kappa shape index (κ3) is 4.60. The van der Waals surface area contributed by atoms with Crippen molar-refractivity contribution in [3.05, 3.63) is 59.9 Å². The molecule has 2 aromatic heterocycles. The van der Waals surface area contributed by atoms with Crippen molar-refractivity contribution < 1.29 is 13.7 Å². The number of hydrogen-bond donors (Lipinski definition) is 1. The molecule has 0 aliphatic carbocycles. The Morgan fingerprint density at radius 3 is 2.97 bits per heavy atom. The SMILES string of the molecule is COCCNc1ccc(-c2noc([C@H]3CCCN3Cc3ccccc3F)n2)cn1. The van der Waals surface area contributed by atoms with E-state index in [1.807, 2.05) is 24.3 Å². The fraction of sp³-hybridized carbons (Fsp3) is 0.381. The number of methoxy groups -OCH3 is 1. The van der Waals surface area contributed by atoms with Gasteiger partial charge in [0.1, 0.15) is 11.6 Å². The Balaban J connectivity index is 1.44. The van der Waals surface area contributed by atoms with Gasteiger partial charge in [0.25, 0.3) is 0 Å². The van der Waals surface area contributed by atoms with Crippen molar-refractivity contribution in [2.75, 3.05) is 32.1 Å². The van der Waals surface area contributed by atoms with Crippen LogP contribution in [0.5, 0.6) is 0 Å². The lowest BCUT2D eigenvalue weighted by Crippen LogP contribution is -2.23. The lowest BCUT2D eigenvalue weighted by atomic mass is 10.1. The molecule has 0 unspecified atom stereocenters. The van der Waals surface area contributed by atoms with Crippen LogP contribution in [0, 0.1) is 5.82 Å². The molecule has 1 fully saturated rings. The van der Waals surface area contributed by atoms with Gasteiger partial charge in [-0.1, -0.05) is 23.4 Å². The third-order valence-corrected chi connectivity index (χ3v) is 5.06. The minimum absolute atomic E-state index is 0.00111. The van der Waals surface area contributed by atoms with Crippen LogP contribution < -0.4 is 5.32 Å². The smallest absolute Gasteiger partial charge is 0.244 e. The molecule has 1 N–H and O–H groups in total. The second-order valence-electron chi connectivity index (χ2n) is 7.03. The normalized spacial score (nSPS) is 17.0. The predicted octanol–water partition coefficient (Wildman–Crippen LogP) is 3.67. The van der Waals surface area contributed by atoms with Gasteiger partial charge in [0.2, 0.25) is 11.7 Å². The summed E-state index contributed by atoms with van der Waals surface area (Å²) >= 11 is 0. The number of rotatable bonds is 8. The number of nitrogens with one attached hydrogen (secondary N) is 1. The van der Waals surface area contributed by atoms with Crippen LogP contribution in [0.1, 0.15) is 30.3 Å². The summed E-state index contributed by atoms with van der Waals surface area (Å²) in [4.78, 5) is 11.2. The molecule has 29 heavy (non-hydrogen) atoms. The average molecular weight is 397 g/mol. The number of hydrogen-bond acceptors (Lipinski definition) is 7. The average Bonchev–Trinajstić information content (AvgIpc) is 3.40. The molecule has 0 spiro atoms. The number of ether oxygens (including phenoxy) is 1. The van der Waals surface area contributed by atoms with Gasteiger partial charge in [-0.25, -0.2) is 9.37 Å². The van der Waals surface area contributed by atoms with E-state index in [9.17, 15) is 4.39 Å². The molecule has 3 heterocycles. The van der Waals surface area contributed by atoms with Crippen molar-refractivity contribution in [3.63, 3.8) is 0 Å². The van der Waals surface area contributed by atoms with E-state index in [1.54, 1.807) is 19.4 Å². The van der Waals surface area contributed by atoms with Gasteiger partial charge in [0.15, 0.2) is 0 Å². The fourth-order valence-corrected chi connectivity index (χ4v) is 3.54. The zero-order valence-electron chi connectivity index (χ0n) is 16.3. The van der Waals surface area contributed by atoms with Gasteiger partial charge in [-0.05, 0) is 37.6 Å². The topological polar surface area (TPSA) is 76.3 Å². The van der Waals surface area contributed by atoms with Crippen molar-refractivity contribution in [2.45, 2.75) is 25.4 Å². The maximum absolute atomic E-state index is 14.0. The van der Waals surface area contributed by atoms with E-state index in [0.717, 1.165) is 30.8 Å². The van der Waals surface area contributed by atoms with E-state index in [1.165, 1.54) is 6.07 Å². The first-order valence-electron chi connectivity index (χ1n) is 9.75. The van der Waals surface area contributed by atoms with Gasteiger partial charge in [-0.15, -0.1) is 0 Å². The molecule has 8 heteroatoms. The Morgan fingerprint density at radius 1 is 1.28 bits per heavy atom. The first-order valence-corrected chi connectivity index (χ1v) is 9.75. The molecule has 152 valence electrons. The molecular formula is C21H24FN5O2. The zero-order valence-corrected chi connectivity index (χ0v) is 16.3. The van der Waals surface area contributed by atoms with Crippen LogP contribution in [0.25, 0.3) is 11.4 Å². The molecule has 1 aliphatic heterocycles. The van der Waals surface area contributed by atoms with E-state index in [2.05, 4.69) is 25.3 Å². The maximum Gasteiger partial charge on any atom is 0.244 e. The van der Waals surface area contributed by atoms with Crippen molar-refractivity contribution in [2.24, 2.45) is 0 Å². The Kier molecular flexibility index (Phi) is 6.12. The van der Waals surface area contributed by atoms with Crippen molar-refractivity contribution in [3.8, 4) is 11.4 Å². The summed E-state index contributed by atoms with van der Waals surface area (Å²) in [6, 6.07) is 10.7. The number of pyridine rings is 1. The summed E-state index contributed by atoms with van der Waals surface area (Å²) in [5.74, 6) is 1.65. The Bertz CT molecular complexity index is 931. The van der Waals surface area contributed by atoms with Gasteiger partial charge >= 0.3 is 0 Å². The molecule has 0 saturated carbocycles. The highest BCUT2D eigenvalue weighted by atomic mass is 19.1. The van der Waals surface area contributed by atoms with E-state index >= 15 is 0 Å².